The van der Waals surface area contributed by atoms with Gasteiger partial charge in [-0.15, -0.1) is 0 Å². The van der Waals surface area contributed by atoms with E-state index in [2.05, 4.69) is 21.1 Å². The average Bonchev–Trinajstić information content (AvgIpc) is 2.99. The second-order valence-electron chi connectivity index (χ2n) is 6.91. The number of nitrogens with zero attached hydrogens (tertiary/aromatic N) is 4. The van der Waals surface area contributed by atoms with Crippen molar-refractivity contribution in [2.45, 2.75) is 44.2 Å². The van der Waals surface area contributed by atoms with Crippen LogP contribution in [-0.4, -0.2) is 64.4 Å². The Morgan fingerprint density at radius 2 is 2.17 bits per heavy atom. The van der Waals surface area contributed by atoms with Crippen LogP contribution in [0, 0.1) is 0 Å². The van der Waals surface area contributed by atoms with Crippen LogP contribution < -0.4 is 0 Å². The summed E-state index contributed by atoms with van der Waals surface area (Å²) in [5.74, 6) is 0.308. The Morgan fingerprint density at radius 1 is 1.30 bits per heavy atom. The fourth-order valence-electron chi connectivity index (χ4n) is 4.14. The Hall–Kier alpha value is -1.40. The van der Waals surface area contributed by atoms with Crippen molar-refractivity contribution in [1.29, 1.82) is 0 Å². The molecule has 1 unspecified atom stereocenters. The lowest BCUT2D eigenvalue weighted by Gasteiger charge is -2.38. The lowest BCUT2D eigenvalue weighted by molar-refractivity contribution is -0.132. The lowest BCUT2D eigenvalue weighted by atomic mass is 9.88. The van der Waals surface area contributed by atoms with Crippen LogP contribution >= 0.6 is 0 Å². The molecule has 0 N–H and O–H groups in total. The maximum atomic E-state index is 12.3. The number of likely N-dealkylation sites (tertiary alicyclic amines) is 2. The number of rotatable bonds is 5. The van der Waals surface area contributed by atoms with Gasteiger partial charge in [-0.25, -0.2) is 0 Å². The number of hydrogen-bond acceptors (Lipinski definition) is 4. The van der Waals surface area contributed by atoms with E-state index in [1.807, 2.05) is 17.9 Å². The van der Waals surface area contributed by atoms with Crippen LogP contribution in [0.5, 0.6) is 0 Å². The smallest absolute Gasteiger partial charge is 0.223 e. The Bertz CT molecular complexity index is 544. The van der Waals surface area contributed by atoms with E-state index in [9.17, 15) is 4.79 Å². The van der Waals surface area contributed by atoms with Crippen LogP contribution in [0.1, 0.15) is 37.7 Å². The first kappa shape index (κ1) is 16.5. The minimum atomic E-state index is 0.0688. The standard InChI is InChI=1S/C17H28N4O2/c1-19-13-15(12-18-19)14-20-8-3-5-17(7-9-20)6-4-16(22)21(17)10-11-23-2/h12-13H,3-11,14H2,1-2H3. The van der Waals surface area contributed by atoms with Gasteiger partial charge in [0, 0.05) is 57.5 Å². The summed E-state index contributed by atoms with van der Waals surface area (Å²) in [5.41, 5.74) is 1.33. The zero-order valence-electron chi connectivity index (χ0n) is 14.3. The van der Waals surface area contributed by atoms with Crippen LogP contribution in [0.25, 0.3) is 0 Å². The predicted molar refractivity (Wildman–Crippen MR) is 87.9 cm³/mol. The average molecular weight is 320 g/mol. The molecule has 2 aliphatic heterocycles. The Kier molecular flexibility index (Phi) is 5.02. The van der Waals surface area contributed by atoms with Gasteiger partial charge in [0.15, 0.2) is 0 Å². The van der Waals surface area contributed by atoms with E-state index in [1.165, 1.54) is 5.56 Å². The number of ether oxygens (including phenoxy) is 1. The number of aryl methyl sites for hydroxylation is 1. The molecule has 1 spiro atoms. The van der Waals surface area contributed by atoms with Gasteiger partial charge >= 0.3 is 0 Å². The molecule has 3 rings (SSSR count). The molecule has 1 aromatic rings. The van der Waals surface area contributed by atoms with Crippen molar-refractivity contribution in [2.24, 2.45) is 7.05 Å². The summed E-state index contributed by atoms with van der Waals surface area (Å²) in [5, 5.41) is 4.26. The highest BCUT2D eigenvalue weighted by molar-refractivity contribution is 5.79. The molecule has 0 saturated carbocycles. The third-order valence-corrected chi connectivity index (χ3v) is 5.37. The molecule has 1 aromatic heterocycles. The van der Waals surface area contributed by atoms with Crippen LogP contribution in [0.2, 0.25) is 0 Å². The van der Waals surface area contributed by atoms with Gasteiger partial charge in [-0.2, -0.15) is 5.10 Å². The molecular weight excluding hydrogens is 292 g/mol. The van der Waals surface area contributed by atoms with Crippen LogP contribution in [0.4, 0.5) is 0 Å². The molecular formula is C17H28N4O2. The van der Waals surface area contributed by atoms with E-state index in [0.29, 0.717) is 18.9 Å². The first-order valence-electron chi connectivity index (χ1n) is 8.62. The van der Waals surface area contributed by atoms with Gasteiger partial charge in [0.05, 0.1) is 12.8 Å². The van der Waals surface area contributed by atoms with E-state index in [1.54, 1.807) is 7.11 Å². The number of carbonyl (C=O) groups is 1. The van der Waals surface area contributed by atoms with Crippen LogP contribution in [0.15, 0.2) is 12.4 Å². The normalized spacial score (nSPS) is 26.2. The van der Waals surface area contributed by atoms with E-state index < -0.39 is 0 Å². The molecule has 0 aliphatic carbocycles. The number of aromatic nitrogens is 2. The van der Waals surface area contributed by atoms with E-state index in [-0.39, 0.29) is 5.54 Å². The van der Waals surface area contributed by atoms with E-state index >= 15 is 0 Å². The van der Waals surface area contributed by atoms with E-state index in [0.717, 1.165) is 51.9 Å². The molecule has 1 atom stereocenters. The quantitative estimate of drug-likeness (QED) is 0.823. The first-order chi connectivity index (χ1) is 11.1. The minimum Gasteiger partial charge on any atom is -0.383 e. The van der Waals surface area contributed by atoms with Gasteiger partial charge < -0.3 is 9.64 Å². The molecule has 0 radical (unpaired) electrons. The number of methoxy groups -OCH3 is 1. The van der Waals surface area contributed by atoms with Gasteiger partial charge in [0.1, 0.15) is 0 Å². The van der Waals surface area contributed by atoms with Gasteiger partial charge in [0.2, 0.25) is 5.91 Å². The molecule has 6 heteroatoms. The Balaban J connectivity index is 1.63. The second kappa shape index (κ2) is 7.01. The largest absolute Gasteiger partial charge is 0.383 e. The molecule has 2 saturated heterocycles. The second-order valence-corrected chi connectivity index (χ2v) is 6.91. The van der Waals surface area contributed by atoms with E-state index in [4.69, 9.17) is 4.74 Å². The summed E-state index contributed by atoms with van der Waals surface area (Å²) < 4.78 is 7.06. The highest BCUT2D eigenvalue weighted by Gasteiger charge is 2.45. The molecule has 6 nitrogen and oxygen atoms in total. The van der Waals surface area contributed by atoms with Crippen molar-refractivity contribution in [1.82, 2.24) is 19.6 Å². The van der Waals surface area contributed by atoms with Crippen molar-refractivity contribution in [3.05, 3.63) is 18.0 Å². The maximum absolute atomic E-state index is 12.3. The molecule has 128 valence electrons. The zero-order chi connectivity index (χ0) is 16.3. The summed E-state index contributed by atoms with van der Waals surface area (Å²) >= 11 is 0. The predicted octanol–water partition coefficient (Wildman–Crippen LogP) is 1.41. The zero-order valence-corrected chi connectivity index (χ0v) is 14.3. The van der Waals surface area contributed by atoms with Gasteiger partial charge in [-0.3, -0.25) is 14.4 Å². The third-order valence-electron chi connectivity index (χ3n) is 5.37. The van der Waals surface area contributed by atoms with Crippen molar-refractivity contribution < 1.29 is 9.53 Å². The molecule has 0 aromatic carbocycles. The van der Waals surface area contributed by atoms with Crippen molar-refractivity contribution in [3.8, 4) is 0 Å². The summed E-state index contributed by atoms with van der Waals surface area (Å²) in [7, 11) is 3.66. The van der Waals surface area contributed by atoms with Crippen molar-refractivity contribution in [3.63, 3.8) is 0 Å². The van der Waals surface area contributed by atoms with Crippen molar-refractivity contribution in [2.75, 3.05) is 33.4 Å². The minimum absolute atomic E-state index is 0.0688. The SMILES string of the molecule is COCCN1C(=O)CCC12CCCN(Cc1cnn(C)c1)CC2. The summed E-state index contributed by atoms with van der Waals surface area (Å²) in [6, 6.07) is 0. The summed E-state index contributed by atoms with van der Waals surface area (Å²) in [4.78, 5) is 16.9. The molecule has 23 heavy (non-hydrogen) atoms. The summed E-state index contributed by atoms with van der Waals surface area (Å²) in [6.07, 6.45) is 9.09. The number of hydrogen-bond donors (Lipinski definition) is 0. The monoisotopic (exact) mass is 320 g/mol. The maximum Gasteiger partial charge on any atom is 0.223 e. The van der Waals surface area contributed by atoms with Crippen LogP contribution in [-0.2, 0) is 23.1 Å². The highest BCUT2D eigenvalue weighted by Crippen LogP contribution is 2.39. The lowest BCUT2D eigenvalue weighted by Crippen LogP contribution is -2.47. The highest BCUT2D eigenvalue weighted by atomic mass is 16.5. The fraction of sp³-hybridized carbons (Fsp3) is 0.765. The number of amides is 1. The molecule has 3 heterocycles. The van der Waals surface area contributed by atoms with Gasteiger partial charge in [-0.05, 0) is 32.2 Å². The Morgan fingerprint density at radius 3 is 2.91 bits per heavy atom. The first-order valence-corrected chi connectivity index (χ1v) is 8.62. The molecule has 1 amide bonds. The van der Waals surface area contributed by atoms with Crippen LogP contribution in [0.3, 0.4) is 0 Å². The summed E-state index contributed by atoms with van der Waals surface area (Å²) in [6.45, 7) is 4.47. The van der Waals surface area contributed by atoms with Gasteiger partial charge in [0.25, 0.3) is 0 Å². The fourth-order valence-corrected chi connectivity index (χ4v) is 4.14. The van der Waals surface area contributed by atoms with Crippen molar-refractivity contribution >= 4 is 5.91 Å². The molecule has 2 aliphatic rings. The topological polar surface area (TPSA) is 50.6 Å². The van der Waals surface area contributed by atoms with Gasteiger partial charge in [-0.1, -0.05) is 0 Å². The number of carbonyl (C=O) groups excluding carboxylic acids is 1. The molecule has 0 bridgehead atoms. The third kappa shape index (κ3) is 3.58. The Labute approximate surface area is 138 Å². The molecule has 2 fully saturated rings.